The van der Waals surface area contributed by atoms with Gasteiger partial charge in [0.15, 0.2) is 5.82 Å². The third-order valence-electron chi connectivity index (χ3n) is 6.13. The van der Waals surface area contributed by atoms with Gasteiger partial charge in [-0.1, -0.05) is 6.92 Å². The van der Waals surface area contributed by atoms with E-state index in [1.54, 1.807) is 6.07 Å². The second-order valence-electron chi connectivity index (χ2n) is 8.73. The van der Waals surface area contributed by atoms with E-state index in [0.29, 0.717) is 30.9 Å². The molecule has 0 aliphatic carbocycles. The number of urea groups is 1. The van der Waals surface area contributed by atoms with Gasteiger partial charge >= 0.3 is 12.2 Å². The molecule has 2 aromatic heterocycles. The number of fused-ring (bicyclic) bond motifs is 4. The maximum Gasteiger partial charge on any atom is 0.408 e. The number of aromatic nitrogens is 2. The number of halogens is 3. The lowest BCUT2D eigenvalue weighted by atomic mass is 10.1. The Morgan fingerprint density at radius 1 is 1.30 bits per heavy atom. The summed E-state index contributed by atoms with van der Waals surface area (Å²) in [7, 11) is 0. The molecule has 11 nitrogen and oxygen atoms in total. The van der Waals surface area contributed by atoms with Gasteiger partial charge in [-0.25, -0.2) is 14.8 Å². The standard InChI is InChI=1S/C23H27F3N6O5/c1-2-18(23(24,25)26)29-21(35)16-3-4-17-20(28-16)32(13-6-8-31(17)10-13)22(36)30-19-9-15(5-7-27-19)37-12-14(34)11-33/h3-5,7,9,13-14,18,33-34H,2,6,8,10-12H2,1H3,(H,29,35)(H,27,30,36)/t13?,14-,18-/m1/s1. The summed E-state index contributed by atoms with van der Waals surface area (Å²) in [4.78, 5) is 37.7. The molecule has 2 aliphatic heterocycles. The maximum atomic E-state index is 13.3. The fraction of sp³-hybridized carbons (Fsp3) is 0.478. The zero-order chi connectivity index (χ0) is 26.7. The summed E-state index contributed by atoms with van der Waals surface area (Å²) in [6, 6.07) is 3.00. The molecule has 0 aromatic carbocycles. The number of alkyl halides is 3. The van der Waals surface area contributed by atoms with Crippen LogP contribution in [0.5, 0.6) is 5.75 Å². The molecule has 37 heavy (non-hydrogen) atoms. The van der Waals surface area contributed by atoms with Crippen molar-refractivity contribution in [1.29, 1.82) is 0 Å². The number of pyridine rings is 2. The molecular weight excluding hydrogens is 497 g/mol. The molecule has 14 heteroatoms. The van der Waals surface area contributed by atoms with Crippen molar-refractivity contribution in [1.82, 2.24) is 15.3 Å². The van der Waals surface area contributed by atoms with Crippen molar-refractivity contribution in [3.63, 3.8) is 0 Å². The molecule has 2 aliphatic rings. The monoisotopic (exact) mass is 524 g/mol. The number of carbonyl (C=O) groups excluding carboxylic acids is 2. The minimum absolute atomic E-state index is 0.146. The van der Waals surface area contributed by atoms with Crippen LogP contribution in [0.25, 0.3) is 0 Å². The van der Waals surface area contributed by atoms with Gasteiger partial charge in [-0.15, -0.1) is 0 Å². The number of hydrogen-bond acceptors (Lipinski definition) is 8. The largest absolute Gasteiger partial charge is 0.491 e. The first kappa shape index (κ1) is 26.4. The Bertz CT molecular complexity index is 1150. The number of nitrogens with zero attached hydrogens (tertiary/aromatic N) is 4. The van der Waals surface area contributed by atoms with Crippen LogP contribution >= 0.6 is 0 Å². The van der Waals surface area contributed by atoms with Crippen LogP contribution in [0.2, 0.25) is 0 Å². The Hall–Kier alpha value is -3.65. The third-order valence-corrected chi connectivity index (χ3v) is 6.13. The highest BCUT2D eigenvalue weighted by molar-refractivity contribution is 6.05. The zero-order valence-electron chi connectivity index (χ0n) is 19.9. The molecule has 0 radical (unpaired) electrons. The summed E-state index contributed by atoms with van der Waals surface area (Å²) in [5.74, 6) is -0.377. The van der Waals surface area contributed by atoms with E-state index >= 15 is 0 Å². The highest BCUT2D eigenvalue weighted by Crippen LogP contribution is 2.39. The lowest BCUT2D eigenvalue weighted by molar-refractivity contribution is -0.153. The molecule has 0 saturated carbocycles. The molecule has 0 spiro atoms. The van der Waals surface area contributed by atoms with Crippen molar-refractivity contribution in [3.8, 4) is 5.75 Å². The van der Waals surface area contributed by atoms with E-state index in [9.17, 15) is 27.9 Å². The highest BCUT2D eigenvalue weighted by atomic mass is 19.4. The van der Waals surface area contributed by atoms with Crippen LogP contribution in [-0.4, -0.2) is 82.8 Å². The van der Waals surface area contributed by atoms with E-state index in [2.05, 4.69) is 15.3 Å². The van der Waals surface area contributed by atoms with Crippen LogP contribution in [0.4, 0.5) is 35.3 Å². The Balaban J connectivity index is 1.55. The highest BCUT2D eigenvalue weighted by Gasteiger charge is 2.42. The van der Waals surface area contributed by atoms with Gasteiger partial charge in [-0.3, -0.25) is 15.0 Å². The van der Waals surface area contributed by atoms with Gasteiger partial charge in [0.2, 0.25) is 0 Å². The van der Waals surface area contributed by atoms with Crippen LogP contribution in [0, 0.1) is 0 Å². The fourth-order valence-electron chi connectivity index (χ4n) is 4.23. The SMILES string of the molecule is CC[C@@H](NC(=O)c1ccc2c(n1)N(C(=O)Nc1cc(OC[C@H](O)CO)ccn1)C1CCN2C1)C(F)(F)F. The minimum atomic E-state index is -4.60. The predicted octanol–water partition coefficient (Wildman–Crippen LogP) is 1.91. The number of nitrogens with one attached hydrogen (secondary N) is 2. The first-order valence-corrected chi connectivity index (χ1v) is 11.7. The molecule has 4 heterocycles. The third kappa shape index (κ3) is 5.85. The maximum absolute atomic E-state index is 13.3. The number of amides is 3. The number of hydrogen-bond donors (Lipinski definition) is 4. The van der Waals surface area contributed by atoms with Gasteiger partial charge in [0.25, 0.3) is 5.91 Å². The molecule has 3 amide bonds. The Morgan fingerprint density at radius 3 is 2.78 bits per heavy atom. The number of ether oxygens (including phenoxy) is 1. The summed E-state index contributed by atoms with van der Waals surface area (Å²) < 4.78 is 44.8. The summed E-state index contributed by atoms with van der Waals surface area (Å²) in [6.45, 7) is 1.88. The fourth-order valence-corrected chi connectivity index (χ4v) is 4.23. The molecule has 1 unspecified atom stereocenters. The van der Waals surface area contributed by atoms with E-state index in [0.717, 1.165) is 0 Å². The smallest absolute Gasteiger partial charge is 0.408 e. The van der Waals surface area contributed by atoms with Crippen LogP contribution in [0.3, 0.4) is 0 Å². The second kappa shape index (κ2) is 10.8. The topological polar surface area (TPSA) is 140 Å². The number of rotatable bonds is 8. The van der Waals surface area contributed by atoms with Crippen molar-refractivity contribution in [2.45, 2.75) is 44.1 Å². The van der Waals surface area contributed by atoms with E-state index in [1.165, 1.54) is 36.2 Å². The van der Waals surface area contributed by atoms with E-state index < -0.39 is 36.9 Å². The van der Waals surface area contributed by atoms with Crippen molar-refractivity contribution in [2.75, 3.05) is 41.4 Å². The molecule has 2 aromatic rings. The Labute approximate surface area is 210 Å². The molecule has 200 valence electrons. The molecule has 4 N–H and O–H groups in total. The van der Waals surface area contributed by atoms with Crippen LogP contribution in [0.1, 0.15) is 30.3 Å². The van der Waals surface area contributed by atoms with Gasteiger partial charge in [0.1, 0.15) is 36.0 Å². The van der Waals surface area contributed by atoms with E-state index in [1.807, 2.05) is 10.2 Å². The van der Waals surface area contributed by atoms with Gasteiger partial charge in [-0.05, 0) is 31.0 Å². The van der Waals surface area contributed by atoms with Gasteiger partial charge in [0, 0.05) is 25.4 Å². The molecular formula is C23H27F3N6O5. The number of carbonyl (C=O) groups is 2. The molecule has 4 rings (SSSR count). The average Bonchev–Trinajstić information content (AvgIpc) is 3.28. The van der Waals surface area contributed by atoms with Gasteiger partial charge < -0.3 is 25.2 Å². The van der Waals surface area contributed by atoms with Crippen molar-refractivity contribution in [3.05, 3.63) is 36.2 Å². The van der Waals surface area contributed by atoms with Crippen molar-refractivity contribution in [2.24, 2.45) is 0 Å². The van der Waals surface area contributed by atoms with E-state index in [4.69, 9.17) is 9.84 Å². The lowest BCUT2D eigenvalue weighted by Gasteiger charge is -2.35. The summed E-state index contributed by atoms with van der Waals surface area (Å²) in [5.41, 5.74) is 0.351. The normalized spacial score (nSPS) is 18.2. The van der Waals surface area contributed by atoms with Crippen LogP contribution < -0.4 is 25.2 Å². The molecule has 2 bridgehead atoms. The first-order valence-electron chi connectivity index (χ1n) is 11.7. The lowest BCUT2D eigenvalue weighted by Crippen LogP contribution is -2.49. The van der Waals surface area contributed by atoms with Crippen molar-refractivity contribution >= 4 is 29.3 Å². The first-order chi connectivity index (χ1) is 17.6. The Kier molecular flexibility index (Phi) is 7.68. The average molecular weight is 525 g/mol. The Morgan fingerprint density at radius 2 is 2.08 bits per heavy atom. The van der Waals surface area contributed by atoms with E-state index in [-0.39, 0.29) is 36.4 Å². The number of aliphatic hydroxyl groups is 2. The summed E-state index contributed by atoms with van der Waals surface area (Å²) >= 11 is 0. The van der Waals surface area contributed by atoms with Gasteiger partial charge in [-0.2, -0.15) is 13.2 Å². The quantitative estimate of drug-likeness (QED) is 0.411. The zero-order valence-corrected chi connectivity index (χ0v) is 19.9. The second-order valence-corrected chi connectivity index (χ2v) is 8.73. The number of anilines is 3. The van der Waals surface area contributed by atoms with Gasteiger partial charge in [0.05, 0.1) is 18.3 Å². The van der Waals surface area contributed by atoms with Crippen LogP contribution in [-0.2, 0) is 0 Å². The van der Waals surface area contributed by atoms with Crippen molar-refractivity contribution < 1.29 is 37.7 Å². The summed E-state index contributed by atoms with van der Waals surface area (Å²) in [6.07, 6.45) is -3.98. The molecule has 1 saturated heterocycles. The van der Waals surface area contributed by atoms with Crippen LogP contribution in [0.15, 0.2) is 30.5 Å². The molecule has 1 fully saturated rings. The minimum Gasteiger partial charge on any atom is -0.491 e. The predicted molar refractivity (Wildman–Crippen MR) is 127 cm³/mol. The molecule has 3 atom stereocenters. The number of aliphatic hydroxyl groups excluding tert-OH is 2. The summed E-state index contributed by atoms with van der Waals surface area (Å²) in [5, 5.41) is 23.0.